The van der Waals surface area contributed by atoms with Crippen LogP contribution in [0.5, 0.6) is 5.75 Å². The summed E-state index contributed by atoms with van der Waals surface area (Å²) in [6, 6.07) is 6.99. The van der Waals surface area contributed by atoms with Crippen LogP contribution in [0.3, 0.4) is 0 Å². The van der Waals surface area contributed by atoms with Gasteiger partial charge in [-0.2, -0.15) is 5.26 Å². The third kappa shape index (κ3) is 2.70. The van der Waals surface area contributed by atoms with E-state index in [-0.39, 0.29) is 6.61 Å². The minimum Gasteiger partial charge on any atom is -0.462 e. The van der Waals surface area contributed by atoms with Crippen LogP contribution in [0.1, 0.15) is 5.01 Å². The number of nitriles is 1. The molecule has 21 heavy (non-hydrogen) atoms. The number of hydrogen-bond donors (Lipinski definition) is 3. The zero-order valence-electron chi connectivity index (χ0n) is 10.7. The van der Waals surface area contributed by atoms with Gasteiger partial charge in [-0.1, -0.05) is 0 Å². The molecule has 1 aromatic heterocycles. The van der Waals surface area contributed by atoms with Gasteiger partial charge in [0.2, 0.25) is 6.29 Å². The zero-order chi connectivity index (χ0) is 15.0. The molecule has 1 fully saturated rings. The Morgan fingerprint density at radius 2 is 2.14 bits per heavy atom. The molecule has 110 valence electrons. The predicted molar refractivity (Wildman–Crippen MR) is 72.7 cm³/mol. The number of aliphatic hydroxyl groups is 3. The predicted octanol–water partition coefficient (Wildman–Crippen LogP) is -0.0142. The molecule has 0 radical (unpaired) electrons. The Balaban J connectivity index is 1.80. The molecule has 1 saturated heterocycles. The third-order valence-electron chi connectivity index (χ3n) is 3.16. The van der Waals surface area contributed by atoms with E-state index in [1.807, 2.05) is 6.07 Å². The minimum absolute atomic E-state index is 0.121. The Bertz CT molecular complexity index is 697. The van der Waals surface area contributed by atoms with Crippen LogP contribution in [0.2, 0.25) is 0 Å². The molecule has 3 N–H and O–H groups in total. The summed E-state index contributed by atoms with van der Waals surface area (Å²) >= 11 is 1.23. The summed E-state index contributed by atoms with van der Waals surface area (Å²) in [6.07, 6.45) is -4.87. The average molecular weight is 308 g/mol. The highest BCUT2D eigenvalue weighted by Crippen LogP contribution is 2.28. The normalized spacial score (nSPS) is 29.2. The summed E-state index contributed by atoms with van der Waals surface area (Å²) in [7, 11) is 0. The minimum atomic E-state index is -1.35. The molecule has 3 rings (SSSR count). The lowest BCUT2D eigenvalue weighted by Crippen LogP contribution is -2.54. The van der Waals surface area contributed by atoms with Gasteiger partial charge in [-0.15, -0.1) is 11.3 Å². The fraction of sp³-hybridized carbons (Fsp3) is 0.385. The van der Waals surface area contributed by atoms with Crippen LogP contribution >= 0.6 is 11.3 Å². The number of fused-ring (bicyclic) bond motifs is 1. The number of aliphatic hydroxyl groups excluding tert-OH is 3. The number of benzene rings is 1. The van der Waals surface area contributed by atoms with Crippen molar-refractivity contribution in [2.75, 3.05) is 6.61 Å². The fourth-order valence-corrected chi connectivity index (χ4v) is 2.83. The monoisotopic (exact) mass is 308 g/mol. The van der Waals surface area contributed by atoms with Gasteiger partial charge >= 0.3 is 0 Å². The second kappa shape index (κ2) is 5.55. The second-order valence-electron chi connectivity index (χ2n) is 4.63. The maximum atomic E-state index is 9.81. The van der Waals surface area contributed by atoms with Gasteiger partial charge in [0.05, 0.1) is 16.8 Å². The Hall–Kier alpha value is -1.76. The first kappa shape index (κ1) is 14.2. The molecular formula is C13H12N2O5S. The Kier molecular flexibility index (Phi) is 3.75. The van der Waals surface area contributed by atoms with Gasteiger partial charge in [0, 0.05) is 0 Å². The summed E-state index contributed by atoms with van der Waals surface area (Å²) in [6.45, 7) is -0.121. The summed E-state index contributed by atoms with van der Waals surface area (Å²) in [5.41, 5.74) is 0.685. The van der Waals surface area contributed by atoms with Crippen molar-refractivity contribution in [1.82, 2.24) is 4.98 Å². The summed E-state index contributed by atoms with van der Waals surface area (Å²) in [5, 5.41) is 38.0. The Morgan fingerprint density at radius 1 is 1.33 bits per heavy atom. The average Bonchev–Trinajstić information content (AvgIpc) is 2.90. The molecule has 2 aromatic rings. The standard InChI is InChI=1S/C13H12N2O5S/c14-4-10-15-7-2-1-6(3-9(7)21-10)20-13-12(18)11(17)8(16)5-19-13/h1-3,8,11-13,16-18H,5H2/t8-,11?,12?,13+/m1/s1. The molecule has 0 saturated carbocycles. The van der Waals surface area contributed by atoms with E-state index in [1.54, 1.807) is 18.2 Å². The molecular weight excluding hydrogens is 296 g/mol. The molecule has 8 heteroatoms. The van der Waals surface area contributed by atoms with Gasteiger partial charge in [0.15, 0.2) is 5.01 Å². The molecule has 0 spiro atoms. The van der Waals surface area contributed by atoms with Crippen LogP contribution in [0.4, 0.5) is 0 Å². The molecule has 4 atom stereocenters. The van der Waals surface area contributed by atoms with Gasteiger partial charge in [-0.25, -0.2) is 4.98 Å². The number of rotatable bonds is 2. The van der Waals surface area contributed by atoms with Crippen molar-refractivity contribution in [3.05, 3.63) is 23.2 Å². The molecule has 0 bridgehead atoms. The molecule has 0 aliphatic carbocycles. The first-order chi connectivity index (χ1) is 10.1. The second-order valence-corrected chi connectivity index (χ2v) is 5.66. The van der Waals surface area contributed by atoms with Crippen molar-refractivity contribution < 1.29 is 24.8 Å². The smallest absolute Gasteiger partial charge is 0.228 e. The highest BCUT2D eigenvalue weighted by atomic mass is 32.1. The Labute approximate surface area is 123 Å². The highest BCUT2D eigenvalue weighted by molar-refractivity contribution is 7.19. The molecule has 2 unspecified atom stereocenters. The summed E-state index contributed by atoms with van der Waals surface area (Å²) in [5.74, 6) is 0.420. The molecule has 1 aromatic carbocycles. The van der Waals surface area contributed by atoms with Gasteiger partial charge in [-0.3, -0.25) is 0 Å². The molecule has 1 aliphatic heterocycles. The van der Waals surface area contributed by atoms with E-state index in [0.29, 0.717) is 16.3 Å². The number of nitrogens with zero attached hydrogens (tertiary/aromatic N) is 2. The van der Waals surface area contributed by atoms with Crippen LogP contribution in [-0.4, -0.2) is 51.5 Å². The fourth-order valence-electron chi connectivity index (χ4n) is 2.04. The number of thiazole rings is 1. The van der Waals surface area contributed by atoms with Crippen molar-refractivity contribution in [2.45, 2.75) is 24.6 Å². The van der Waals surface area contributed by atoms with E-state index < -0.39 is 24.6 Å². The lowest BCUT2D eigenvalue weighted by atomic mass is 10.1. The number of ether oxygens (including phenoxy) is 2. The summed E-state index contributed by atoms with van der Waals surface area (Å²) < 4.78 is 11.4. The largest absolute Gasteiger partial charge is 0.462 e. The number of aromatic nitrogens is 1. The third-order valence-corrected chi connectivity index (χ3v) is 4.08. The highest BCUT2D eigenvalue weighted by Gasteiger charge is 2.39. The molecule has 0 amide bonds. The van der Waals surface area contributed by atoms with Gasteiger partial charge in [0.1, 0.15) is 30.1 Å². The van der Waals surface area contributed by atoms with Crippen LogP contribution in [0.25, 0.3) is 10.2 Å². The van der Waals surface area contributed by atoms with Gasteiger partial charge in [-0.05, 0) is 18.2 Å². The lowest BCUT2D eigenvalue weighted by Gasteiger charge is -2.34. The van der Waals surface area contributed by atoms with Crippen molar-refractivity contribution >= 4 is 21.6 Å². The van der Waals surface area contributed by atoms with E-state index >= 15 is 0 Å². The van der Waals surface area contributed by atoms with E-state index in [1.165, 1.54) is 11.3 Å². The lowest BCUT2D eigenvalue weighted by molar-refractivity contribution is -0.242. The molecule has 1 aliphatic rings. The van der Waals surface area contributed by atoms with Crippen LogP contribution < -0.4 is 4.74 Å². The van der Waals surface area contributed by atoms with Crippen molar-refractivity contribution in [3.8, 4) is 11.8 Å². The quantitative estimate of drug-likeness (QED) is 0.714. The zero-order valence-corrected chi connectivity index (χ0v) is 11.5. The first-order valence-corrected chi connectivity index (χ1v) is 7.03. The maximum absolute atomic E-state index is 9.81. The van der Waals surface area contributed by atoms with Crippen LogP contribution in [0.15, 0.2) is 18.2 Å². The van der Waals surface area contributed by atoms with Gasteiger partial charge < -0.3 is 24.8 Å². The first-order valence-electron chi connectivity index (χ1n) is 6.21. The van der Waals surface area contributed by atoms with E-state index in [9.17, 15) is 15.3 Å². The van der Waals surface area contributed by atoms with Crippen molar-refractivity contribution in [2.24, 2.45) is 0 Å². The van der Waals surface area contributed by atoms with Crippen LogP contribution in [-0.2, 0) is 4.74 Å². The summed E-state index contributed by atoms with van der Waals surface area (Å²) in [4.78, 5) is 4.10. The molecule has 2 heterocycles. The van der Waals surface area contributed by atoms with Crippen molar-refractivity contribution in [3.63, 3.8) is 0 Å². The SMILES string of the molecule is N#Cc1nc2ccc(O[C@@H]3OC[C@@H](O)C(O)C3O)cc2s1. The van der Waals surface area contributed by atoms with E-state index in [4.69, 9.17) is 14.7 Å². The molecule has 7 nitrogen and oxygen atoms in total. The Morgan fingerprint density at radius 3 is 2.90 bits per heavy atom. The van der Waals surface area contributed by atoms with E-state index in [0.717, 1.165) is 4.70 Å². The number of hydrogen-bond acceptors (Lipinski definition) is 8. The van der Waals surface area contributed by atoms with E-state index in [2.05, 4.69) is 4.98 Å². The van der Waals surface area contributed by atoms with Crippen LogP contribution in [0, 0.1) is 11.3 Å². The topological polar surface area (TPSA) is 116 Å². The van der Waals surface area contributed by atoms with Crippen molar-refractivity contribution in [1.29, 1.82) is 5.26 Å². The maximum Gasteiger partial charge on any atom is 0.228 e. The van der Waals surface area contributed by atoms with Gasteiger partial charge in [0.25, 0.3) is 0 Å².